The van der Waals surface area contributed by atoms with Crippen molar-refractivity contribution in [1.82, 2.24) is 4.90 Å². The zero-order chi connectivity index (χ0) is 11.9. The zero-order valence-electron chi connectivity index (χ0n) is 11.0. The summed E-state index contributed by atoms with van der Waals surface area (Å²) in [7, 11) is 0.708. The third-order valence-corrected chi connectivity index (χ3v) is 5.31. The fourth-order valence-electron chi connectivity index (χ4n) is 2.54. The molecule has 0 spiro atoms. The molecule has 0 saturated carbocycles. The van der Waals surface area contributed by atoms with Crippen molar-refractivity contribution < 1.29 is 5.11 Å². The number of hydrogen-bond donors (Lipinski definition) is 1. The van der Waals surface area contributed by atoms with Crippen molar-refractivity contribution in [3.63, 3.8) is 0 Å². The molecule has 0 amide bonds. The highest BCUT2D eigenvalue weighted by Crippen LogP contribution is 2.25. The van der Waals surface area contributed by atoms with Crippen molar-refractivity contribution in [2.45, 2.75) is 32.3 Å². The molecule has 4 heteroatoms. The second-order valence-corrected chi connectivity index (χ2v) is 10.9. The number of fused-ring (bicyclic) bond motifs is 1. The Bertz CT molecular complexity index is 403. The Hall–Kier alpha value is -0.353. The molecule has 1 unspecified atom stereocenters. The van der Waals surface area contributed by atoms with Gasteiger partial charge in [-0.25, -0.2) is 0 Å². The number of halogens is 1. The van der Waals surface area contributed by atoms with E-state index in [2.05, 4.69) is 49.8 Å². The van der Waals surface area contributed by atoms with Crippen LogP contribution in [0.1, 0.15) is 17.2 Å². The Kier molecular flexibility index (Phi) is 4.41. The van der Waals surface area contributed by atoms with E-state index in [9.17, 15) is 5.11 Å². The summed E-state index contributed by atoms with van der Waals surface area (Å²) in [6.07, 6.45) is -0.309. The molecule has 0 aromatic heterocycles. The van der Waals surface area contributed by atoms with E-state index in [4.69, 9.17) is 0 Å². The van der Waals surface area contributed by atoms with Crippen LogP contribution in [0.5, 0.6) is 0 Å². The Morgan fingerprint density at radius 3 is 2.53 bits per heavy atom. The van der Waals surface area contributed by atoms with Gasteiger partial charge in [0, 0.05) is 13.1 Å². The molecule has 1 aliphatic rings. The summed E-state index contributed by atoms with van der Waals surface area (Å²) in [5.41, 5.74) is 2.53. The smallest absolute Gasteiger partial charge is 0.0918 e. The first-order valence-corrected chi connectivity index (χ1v) is 9.38. The van der Waals surface area contributed by atoms with Gasteiger partial charge in [0.2, 0.25) is 0 Å². The molecule has 0 fully saturated rings. The van der Waals surface area contributed by atoms with Crippen LogP contribution in [-0.4, -0.2) is 31.7 Å². The van der Waals surface area contributed by atoms with E-state index in [0.717, 1.165) is 13.1 Å². The lowest BCUT2D eigenvalue weighted by Gasteiger charge is -2.33. The van der Waals surface area contributed by atoms with Gasteiger partial charge in [0.05, 0.1) is 14.2 Å². The van der Waals surface area contributed by atoms with Gasteiger partial charge in [-0.3, -0.25) is 4.90 Å². The van der Waals surface area contributed by atoms with Crippen molar-refractivity contribution in [1.29, 1.82) is 0 Å². The van der Waals surface area contributed by atoms with Crippen LogP contribution in [0.2, 0.25) is 19.6 Å². The summed E-state index contributed by atoms with van der Waals surface area (Å²) in [5.74, 6) is 0. The Balaban J connectivity index is 0.00000144. The van der Waals surface area contributed by atoms with Crippen LogP contribution in [0.3, 0.4) is 0 Å². The molecule has 2 nitrogen and oxygen atoms in total. The highest BCUT2D eigenvalue weighted by atomic mass is 35.5. The minimum Gasteiger partial charge on any atom is -0.387 e. The number of aliphatic hydroxyl groups is 1. The van der Waals surface area contributed by atoms with Crippen molar-refractivity contribution in [2.24, 2.45) is 0 Å². The van der Waals surface area contributed by atoms with Crippen LogP contribution in [0, 0.1) is 0 Å². The summed E-state index contributed by atoms with van der Waals surface area (Å²) in [5, 5.41) is 11.7. The lowest BCUT2D eigenvalue weighted by atomic mass is 9.98. The summed E-state index contributed by atoms with van der Waals surface area (Å²) in [4.78, 5) is 2.18. The number of benzene rings is 1. The molecule has 17 heavy (non-hydrogen) atoms. The predicted octanol–water partition coefficient (Wildman–Crippen LogP) is 2.13. The normalized spacial score (nSPS) is 20.6. The van der Waals surface area contributed by atoms with E-state index in [1.54, 1.807) is 0 Å². The Labute approximate surface area is 111 Å². The number of likely N-dealkylation sites (N-methyl/N-ethyl adjacent to an activating group) is 1. The first kappa shape index (κ1) is 14.7. The second kappa shape index (κ2) is 5.10. The summed E-state index contributed by atoms with van der Waals surface area (Å²) >= 11 is 0. The molecule has 1 N–H and O–H groups in total. The highest BCUT2D eigenvalue weighted by molar-refractivity contribution is 6.89. The number of β-amino-alcohol motifs (C(OH)–C–C–N with tert-alkyl or cyclic N) is 1. The van der Waals surface area contributed by atoms with E-state index < -0.39 is 8.07 Å². The Morgan fingerprint density at radius 2 is 1.94 bits per heavy atom. The van der Waals surface area contributed by atoms with E-state index in [1.807, 2.05) is 0 Å². The maximum atomic E-state index is 10.3. The SMILES string of the molecule is CN1Cc2cccc([Si](C)(C)C)c2C(O)C1.Cl. The lowest BCUT2D eigenvalue weighted by molar-refractivity contribution is 0.109. The van der Waals surface area contributed by atoms with Crippen LogP contribution >= 0.6 is 12.4 Å². The van der Waals surface area contributed by atoms with Crippen LogP contribution in [0.4, 0.5) is 0 Å². The number of aliphatic hydroxyl groups excluding tert-OH is 1. The van der Waals surface area contributed by atoms with Gasteiger partial charge in [0.15, 0.2) is 0 Å². The van der Waals surface area contributed by atoms with Gasteiger partial charge in [-0.15, -0.1) is 12.4 Å². The van der Waals surface area contributed by atoms with Gasteiger partial charge < -0.3 is 5.11 Å². The molecular weight excluding hydrogens is 250 g/mol. The molecule has 1 atom stereocenters. The maximum Gasteiger partial charge on any atom is 0.0918 e. The van der Waals surface area contributed by atoms with Crippen molar-refractivity contribution >= 4 is 25.7 Å². The summed E-state index contributed by atoms with van der Waals surface area (Å²) in [6.45, 7) is 8.74. The van der Waals surface area contributed by atoms with Crippen LogP contribution in [-0.2, 0) is 6.54 Å². The molecule has 0 bridgehead atoms. The molecule has 0 radical (unpaired) electrons. The molecule has 1 heterocycles. The fourth-order valence-corrected chi connectivity index (χ4v) is 4.27. The van der Waals surface area contributed by atoms with Gasteiger partial charge in [-0.05, 0) is 18.2 Å². The largest absolute Gasteiger partial charge is 0.387 e. The van der Waals surface area contributed by atoms with E-state index in [1.165, 1.54) is 16.3 Å². The quantitative estimate of drug-likeness (QED) is 0.791. The molecule has 2 rings (SSSR count). The number of hydrogen-bond acceptors (Lipinski definition) is 2. The van der Waals surface area contributed by atoms with Crippen LogP contribution in [0.15, 0.2) is 18.2 Å². The first-order valence-electron chi connectivity index (χ1n) is 5.88. The van der Waals surface area contributed by atoms with Gasteiger partial charge in [-0.1, -0.05) is 43.0 Å². The van der Waals surface area contributed by atoms with E-state index in [0.29, 0.717) is 0 Å². The minimum atomic E-state index is -1.35. The second-order valence-electron chi connectivity index (χ2n) is 5.84. The maximum absolute atomic E-state index is 10.3. The number of nitrogens with zero attached hydrogens (tertiary/aromatic N) is 1. The molecule has 1 aromatic carbocycles. The topological polar surface area (TPSA) is 23.5 Å². The zero-order valence-corrected chi connectivity index (χ0v) is 12.8. The van der Waals surface area contributed by atoms with Crippen LogP contribution in [0.25, 0.3) is 0 Å². The molecular formula is C13H22ClNOSi. The van der Waals surface area contributed by atoms with E-state index >= 15 is 0 Å². The summed E-state index contributed by atoms with van der Waals surface area (Å²) in [6, 6.07) is 6.50. The van der Waals surface area contributed by atoms with Crippen molar-refractivity contribution in [3.8, 4) is 0 Å². The molecule has 96 valence electrons. The highest BCUT2D eigenvalue weighted by Gasteiger charge is 2.29. The van der Waals surface area contributed by atoms with Gasteiger partial charge in [-0.2, -0.15) is 0 Å². The molecule has 0 saturated heterocycles. The van der Waals surface area contributed by atoms with E-state index in [-0.39, 0.29) is 18.5 Å². The standard InChI is InChI=1S/C13H21NOSi.ClH/c1-14-8-10-6-5-7-12(16(2,3)4)13(10)11(15)9-14;/h5-7,11,15H,8-9H2,1-4H3;1H. The predicted molar refractivity (Wildman–Crippen MR) is 78.0 cm³/mol. The first-order chi connectivity index (χ1) is 7.39. The Morgan fingerprint density at radius 1 is 1.29 bits per heavy atom. The average molecular weight is 272 g/mol. The van der Waals surface area contributed by atoms with Gasteiger partial charge in [0.1, 0.15) is 0 Å². The van der Waals surface area contributed by atoms with Crippen LogP contribution < -0.4 is 5.19 Å². The van der Waals surface area contributed by atoms with Crippen molar-refractivity contribution in [2.75, 3.05) is 13.6 Å². The number of rotatable bonds is 1. The lowest BCUT2D eigenvalue weighted by Crippen LogP contribution is -2.44. The minimum absolute atomic E-state index is 0. The molecule has 1 aliphatic heterocycles. The monoisotopic (exact) mass is 271 g/mol. The fraction of sp³-hybridized carbons (Fsp3) is 0.538. The molecule has 1 aromatic rings. The summed E-state index contributed by atoms with van der Waals surface area (Å²) < 4.78 is 0. The average Bonchev–Trinajstić information content (AvgIpc) is 2.14. The third-order valence-electron chi connectivity index (χ3n) is 3.26. The van der Waals surface area contributed by atoms with Crippen molar-refractivity contribution in [3.05, 3.63) is 29.3 Å². The molecule has 0 aliphatic carbocycles. The third kappa shape index (κ3) is 2.91. The van der Waals surface area contributed by atoms with Gasteiger partial charge in [0.25, 0.3) is 0 Å². The van der Waals surface area contributed by atoms with Gasteiger partial charge >= 0.3 is 0 Å².